The van der Waals surface area contributed by atoms with Crippen molar-refractivity contribution in [2.24, 2.45) is 0 Å². The van der Waals surface area contributed by atoms with Crippen LogP contribution in [0.2, 0.25) is 0 Å². The minimum Gasteiger partial charge on any atom is -0.467 e. The lowest BCUT2D eigenvalue weighted by Crippen LogP contribution is -2.13. The summed E-state index contributed by atoms with van der Waals surface area (Å²) in [7, 11) is 1.70. The number of hydrogen-bond donors (Lipinski definition) is 0. The summed E-state index contributed by atoms with van der Waals surface area (Å²) in [6, 6.07) is 27.2. The molecule has 1 heterocycles. The fourth-order valence-corrected chi connectivity index (χ4v) is 6.95. The highest BCUT2D eigenvalue weighted by atomic mass is 16.6. The number of ether oxygens (including phenoxy) is 3. The number of nitro groups is 1. The van der Waals surface area contributed by atoms with Crippen molar-refractivity contribution in [1.29, 1.82) is 5.26 Å². The molecule has 11 nitrogen and oxygen atoms in total. The van der Waals surface area contributed by atoms with E-state index in [1.165, 1.54) is 25.1 Å². The van der Waals surface area contributed by atoms with Crippen LogP contribution in [0.15, 0.2) is 157 Å². The van der Waals surface area contributed by atoms with Gasteiger partial charge in [-0.2, -0.15) is 5.26 Å². The van der Waals surface area contributed by atoms with Gasteiger partial charge in [0, 0.05) is 36.6 Å². The number of nitrogens with zero attached hydrogens (tertiary/aromatic N) is 4. The lowest BCUT2D eigenvalue weighted by molar-refractivity contribution is -0.384. The Labute approximate surface area is 385 Å². The molecule has 0 N–H and O–H groups in total. The summed E-state index contributed by atoms with van der Waals surface area (Å²) in [4.78, 5) is 39.4. The van der Waals surface area contributed by atoms with Crippen molar-refractivity contribution >= 4 is 63.5 Å². The van der Waals surface area contributed by atoms with E-state index in [9.17, 15) is 25.0 Å². The van der Waals surface area contributed by atoms with Gasteiger partial charge in [0.05, 0.1) is 29.1 Å². The number of carbonyl (C=O) groups excluding carboxylic acids is 2. The molecule has 0 fully saturated rings. The van der Waals surface area contributed by atoms with Crippen LogP contribution in [0.3, 0.4) is 0 Å². The Hall–Kier alpha value is -8.12. The van der Waals surface area contributed by atoms with Crippen molar-refractivity contribution in [1.82, 2.24) is 4.57 Å². The molecule has 1 unspecified atom stereocenters. The number of carbonyl (C=O) groups is 2. The first kappa shape index (κ1) is 48.9. The van der Waals surface area contributed by atoms with Crippen LogP contribution in [0.25, 0.3) is 51.0 Å². The van der Waals surface area contributed by atoms with E-state index < -0.39 is 17.1 Å². The van der Waals surface area contributed by atoms with Crippen LogP contribution in [-0.2, 0) is 19.1 Å². The lowest BCUT2D eigenvalue weighted by atomic mass is 10.0. The van der Waals surface area contributed by atoms with E-state index in [4.69, 9.17) is 20.8 Å². The highest BCUT2D eigenvalue weighted by Gasteiger charge is 2.20. The molecular formula is C55H52N4O7. The summed E-state index contributed by atoms with van der Waals surface area (Å²) in [6.45, 7) is 13.6. The first-order valence-electron chi connectivity index (χ1n) is 21.6. The molecule has 0 aliphatic carbocycles. The molecule has 66 heavy (non-hydrogen) atoms. The molecule has 0 aliphatic heterocycles. The van der Waals surface area contributed by atoms with Gasteiger partial charge in [-0.3, -0.25) is 10.1 Å². The van der Waals surface area contributed by atoms with Gasteiger partial charge in [-0.25, -0.2) is 9.64 Å². The normalized spacial score (nSPS) is 12.7. The Bertz CT molecular complexity index is 2810. The molecule has 0 amide bonds. The standard InChI is InChI=1S/C55H52N4O7/c1-5-6-7-8-9-10-13-16-19-54(66-48-30-24-43(25-31-48)21-20-42-22-28-47(29-23-42)59(62)63)58-52-32-26-44(36-46(40-56)55(61)65-35-18-15-12-11-14-17-34-64-4)37-49(52)50-38-45(27-33-53(50)58)39-51(57-3)41(2)60/h5-10,13,16,19-33,36-39,54H,1,11-12,14-15,17-18,34-35H2,2,4H3. The van der Waals surface area contributed by atoms with Crippen molar-refractivity contribution in [2.75, 3.05) is 20.3 Å². The summed E-state index contributed by atoms with van der Waals surface area (Å²) < 4.78 is 19.4. The highest BCUT2D eigenvalue weighted by molar-refractivity contribution is 6.10. The number of rotatable bonds is 24. The fraction of sp³-hybridized carbons (Fsp3) is 0.200. The van der Waals surface area contributed by atoms with Gasteiger partial charge in [0.15, 0.2) is 12.0 Å². The molecule has 1 atom stereocenters. The Morgan fingerprint density at radius 1 is 0.773 bits per heavy atom. The fourth-order valence-electron chi connectivity index (χ4n) is 6.95. The van der Waals surface area contributed by atoms with Gasteiger partial charge in [-0.05, 0) is 109 Å². The number of Topliss-reactive ketones (excluding diaryl/α,β-unsaturated/α-hetero) is 1. The second-order valence-corrected chi connectivity index (χ2v) is 15.1. The minimum atomic E-state index is -0.699. The maximum atomic E-state index is 13.1. The number of unbranched alkanes of at least 4 members (excludes halogenated alkanes) is 5. The number of methoxy groups -OCH3 is 1. The Kier molecular flexibility index (Phi) is 19.2. The number of allylic oxidation sites excluding steroid dienone is 9. The molecule has 0 saturated heterocycles. The summed E-state index contributed by atoms with van der Waals surface area (Å²) >= 11 is 0. The topological polar surface area (TPSA) is 138 Å². The van der Waals surface area contributed by atoms with Crippen LogP contribution < -0.4 is 4.74 Å². The summed E-state index contributed by atoms with van der Waals surface area (Å²) in [5.41, 5.74) is 4.41. The third kappa shape index (κ3) is 14.5. The molecule has 0 saturated carbocycles. The summed E-state index contributed by atoms with van der Waals surface area (Å²) in [6.07, 6.45) is 28.8. The number of esters is 1. The van der Waals surface area contributed by atoms with E-state index in [0.29, 0.717) is 23.3 Å². The van der Waals surface area contributed by atoms with E-state index in [-0.39, 0.29) is 29.3 Å². The number of fused-ring (bicyclic) bond motifs is 3. The lowest BCUT2D eigenvalue weighted by Gasteiger charge is -2.20. The van der Waals surface area contributed by atoms with Crippen LogP contribution in [0.4, 0.5) is 5.69 Å². The number of non-ortho nitro benzene ring substituents is 1. The van der Waals surface area contributed by atoms with E-state index in [1.54, 1.807) is 31.4 Å². The third-order valence-electron chi connectivity index (χ3n) is 10.3. The van der Waals surface area contributed by atoms with Crippen LogP contribution in [0.1, 0.15) is 73.9 Å². The molecule has 1 aromatic heterocycles. The molecule has 0 bridgehead atoms. The van der Waals surface area contributed by atoms with E-state index in [0.717, 1.165) is 71.6 Å². The maximum Gasteiger partial charge on any atom is 0.348 e. The first-order chi connectivity index (χ1) is 32.1. The van der Waals surface area contributed by atoms with Gasteiger partial charge >= 0.3 is 5.97 Å². The SMILES string of the molecule is [C-]#[N+]C(=Cc1ccc2c(c1)c1cc(C=C(C#N)C(=O)OCCCCCCCCOC)ccc1n2C(C=CC=CC=CC=CC=C)Oc1ccc(C=Cc2ccc([N+](=O)[O-])cc2)cc1)C(C)=O. The summed E-state index contributed by atoms with van der Waals surface area (Å²) in [5.74, 6) is -0.457. The van der Waals surface area contributed by atoms with Crippen LogP contribution >= 0.6 is 0 Å². The molecule has 4 aromatic carbocycles. The molecule has 5 rings (SSSR count). The van der Waals surface area contributed by atoms with Gasteiger partial charge in [-0.1, -0.05) is 117 Å². The summed E-state index contributed by atoms with van der Waals surface area (Å²) in [5, 5.41) is 22.7. The van der Waals surface area contributed by atoms with E-state index in [2.05, 4.69) is 11.4 Å². The molecule has 0 aliphatic rings. The zero-order chi connectivity index (χ0) is 47.1. The second-order valence-electron chi connectivity index (χ2n) is 15.1. The molecule has 0 radical (unpaired) electrons. The molecule has 0 spiro atoms. The zero-order valence-electron chi connectivity index (χ0n) is 37.2. The highest BCUT2D eigenvalue weighted by Crippen LogP contribution is 2.36. The average molecular weight is 881 g/mol. The Balaban J connectivity index is 1.52. The Morgan fingerprint density at radius 2 is 1.30 bits per heavy atom. The van der Waals surface area contributed by atoms with Crippen molar-refractivity contribution in [2.45, 2.75) is 51.7 Å². The molecule has 11 heteroatoms. The number of ketones is 1. The van der Waals surface area contributed by atoms with Crippen LogP contribution in [0.5, 0.6) is 5.75 Å². The zero-order valence-corrected chi connectivity index (χ0v) is 37.2. The minimum absolute atomic E-state index is 0.00282. The van der Waals surface area contributed by atoms with Gasteiger partial charge < -0.3 is 23.6 Å². The average Bonchev–Trinajstić information content (AvgIpc) is 3.64. The molecular weight excluding hydrogens is 829 g/mol. The van der Waals surface area contributed by atoms with Gasteiger partial charge in [0.25, 0.3) is 5.69 Å². The Morgan fingerprint density at radius 3 is 1.85 bits per heavy atom. The van der Waals surface area contributed by atoms with Crippen LogP contribution in [0, 0.1) is 28.0 Å². The largest absolute Gasteiger partial charge is 0.467 e. The second kappa shape index (κ2) is 25.9. The number of aromatic nitrogens is 1. The van der Waals surface area contributed by atoms with Gasteiger partial charge in [0.2, 0.25) is 5.70 Å². The smallest absolute Gasteiger partial charge is 0.348 e. The van der Waals surface area contributed by atoms with Crippen molar-refractivity contribution in [3.05, 3.63) is 201 Å². The number of nitriles is 1. The predicted molar refractivity (Wildman–Crippen MR) is 264 cm³/mol. The van der Waals surface area contributed by atoms with E-state index in [1.807, 2.05) is 132 Å². The quantitative estimate of drug-likeness (QED) is 0.00687. The number of nitro benzene ring substituents is 1. The predicted octanol–water partition coefficient (Wildman–Crippen LogP) is 13.1. The van der Waals surface area contributed by atoms with Gasteiger partial charge in [0.1, 0.15) is 17.4 Å². The maximum absolute atomic E-state index is 13.1. The van der Waals surface area contributed by atoms with Crippen molar-refractivity contribution < 1.29 is 28.7 Å². The number of hydrogen-bond acceptors (Lipinski definition) is 8. The molecule has 5 aromatic rings. The third-order valence-corrected chi connectivity index (χ3v) is 10.3. The van der Waals surface area contributed by atoms with Gasteiger partial charge in [-0.15, -0.1) is 0 Å². The molecule has 334 valence electrons. The van der Waals surface area contributed by atoms with Crippen molar-refractivity contribution in [3.63, 3.8) is 0 Å². The monoisotopic (exact) mass is 880 g/mol. The van der Waals surface area contributed by atoms with Crippen molar-refractivity contribution in [3.8, 4) is 11.8 Å². The van der Waals surface area contributed by atoms with Crippen LogP contribution in [-0.4, -0.2) is 41.6 Å². The number of benzene rings is 4. The first-order valence-corrected chi connectivity index (χ1v) is 21.6. The van der Waals surface area contributed by atoms with E-state index >= 15 is 0 Å².